The van der Waals surface area contributed by atoms with Crippen molar-refractivity contribution in [3.05, 3.63) is 70.7 Å². The summed E-state index contributed by atoms with van der Waals surface area (Å²) < 4.78 is 0. The van der Waals surface area contributed by atoms with Crippen LogP contribution < -0.4 is 5.32 Å². The van der Waals surface area contributed by atoms with E-state index >= 15 is 0 Å². The molecule has 0 saturated heterocycles. The Morgan fingerprint density at radius 2 is 1.63 bits per heavy atom. The Hall–Kier alpha value is -1.84. The van der Waals surface area contributed by atoms with E-state index in [1.54, 1.807) is 12.1 Å². The van der Waals surface area contributed by atoms with Crippen LogP contribution in [0.25, 0.3) is 0 Å². The zero-order chi connectivity index (χ0) is 13.7. The van der Waals surface area contributed by atoms with Gasteiger partial charge in [0.05, 0.1) is 12.6 Å². The lowest BCUT2D eigenvalue weighted by atomic mass is 9.99. The van der Waals surface area contributed by atoms with Gasteiger partial charge in [-0.3, -0.25) is 10.1 Å². The highest BCUT2D eigenvalue weighted by molar-refractivity contribution is 6.30. The maximum Gasteiger partial charge on any atom is 0.317 e. The number of carboxylic acid groups (broad SMARTS) is 1. The first-order valence-corrected chi connectivity index (χ1v) is 6.30. The molecule has 2 aromatic rings. The SMILES string of the molecule is O=C(O)CNC(c1ccccc1)c1ccc(Cl)cc1. The van der Waals surface area contributed by atoms with Crippen molar-refractivity contribution in [1.82, 2.24) is 5.32 Å². The first kappa shape index (κ1) is 13.6. The molecule has 3 nitrogen and oxygen atoms in total. The lowest BCUT2D eigenvalue weighted by molar-refractivity contribution is -0.136. The highest BCUT2D eigenvalue weighted by atomic mass is 35.5. The lowest BCUT2D eigenvalue weighted by Gasteiger charge is -2.18. The largest absolute Gasteiger partial charge is 0.480 e. The Morgan fingerprint density at radius 1 is 1.05 bits per heavy atom. The molecule has 98 valence electrons. The Bertz CT molecular complexity index is 540. The van der Waals surface area contributed by atoms with Crippen molar-refractivity contribution in [3.63, 3.8) is 0 Å². The molecule has 2 N–H and O–H groups in total. The van der Waals surface area contributed by atoms with Gasteiger partial charge in [-0.05, 0) is 23.3 Å². The van der Waals surface area contributed by atoms with Crippen molar-refractivity contribution in [3.8, 4) is 0 Å². The number of halogens is 1. The van der Waals surface area contributed by atoms with E-state index in [1.807, 2.05) is 42.5 Å². The standard InChI is InChI=1S/C15H14ClNO2/c16-13-8-6-12(7-9-13)15(17-10-14(18)19)11-4-2-1-3-5-11/h1-9,15,17H,10H2,(H,18,19). The van der Waals surface area contributed by atoms with Crippen LogP contribution in [-0.2, 0) is 4.79 Å². The molecule has 19 heavy (non-hydrogen) atoms. The normalized spacial score (nSPS) is 12.1. The minimum atomic E-state index is -0.880. The molecule has 0 bridgehead atoms. The Morgan fingerprint density at radius 3 is 2.21 bits per heavy atom. The Kier molecular flexibility index (Phi) is 4.55. The minimum Gasteiger partial charge on any atom is -0.480 e. The van der Waals surface area contributed by atoms with Crippen molar-refractivity contribution >= 4 is 17.6 Å². The third kappa shape index (κ3) is 3.81. The quantitative estimate of drug-likeness (QED) is 0.881. The first-order chi connectivity index (χ1) is 9.16. The average molecular weight is 276 g/mol. The van der Waals surface area contributed by atoms with E-state index in [0.29, 0.717) is 5.02 Å². The molecule has 0 saturated carbocycles. The molecule has 0 aliphatic rings. The van der Waals surface area contributed by atoms with E-state index < -0.39 is 5.97 Å². The fraction of sp³-hybridized carbons (Fsp3) is 0.133. The van der Waals surface area contributed by atoms with Gasteiger partial charge in [-0.25, -0.2) is 0 Å². The third-order valence-electron chi connectivity index (χ3n) is 2.79. The highest BCUT2D eigenvalue weighted by Crippen LogP contribution is 2.23. The van der Waals surface area contributed by atoms with Crippen LogP contribution in [0.15, 0.2) is 54.6 Å². The van der Waals surface area contributed by atoms with E-state index in [0.717, 1.165) is 11.1 Å². The molecule has 2 rings (SSSR count). The predicted molar refractivity (Wildman–Crippen MR) is 75.4 cm³/mol. The molecular formula is C15H14ClNO2. The van der Waals surface area contributed by atoms with Crippen LogP contribution in [-0.4, -0.2) is 17.6 Å². The van der Waals surface area contributed by atoms with Gasteiger partial charge >= 0.3 is 5.97 Å². The fourth-order valence-electron chi connectivity index (χ4n) is 1.92. The van der Waals surface area contributed by atoms with Crippen molar-refractivity contribution in [2.75, 3.05) is 6.54 Å². The molecule has 0 radical (unpaired) electrons. The van der Waals surface area contributed by atoms with Crippen LogP contribution in [0.1, 0.15) is 17.2 Å². The van der Waals surface area contributed by atoms with Crippen molar-refractivity contribution in [1.29, 1.82) is 0 Å². The van der Waals surface area contributed by atoms with Gasteiger partial charge in [-0.2, -0.15) is 0 Å². The summed E-state index contributed by atoms with van der Waals surface area (Å²) in [6.07, 6.45) is 0. The van der Waals surface area contributed by atoms with Gasteiger partial charge in [-0.15, -0.1) is 0 Å². The zero-order valence-electron chi connectivity index (χ0n) is 10.2. The lowest BCUT2D eigenvalue weighted by Crippen LogP contribution is -2.28. The Balaban J connectivity index is 2.28. The monoisotopic (exact) mass is 275 g/mol. The summed E-state index contributed by atoms with van der Waals surface area (Å²) in [7, 11) is 0. The van der Waals surface area contributed by atoms with Crippen LogP contribution in [0.5, 0.6) is 0 Å². The predicted octanol–water partition coefficient (Wildman–Crippen LogP) is 3.10. The summed E-state index contributed by atoms with van der Waals surface area (Å²) in [5.74, 6) is -0.880. The smallest absolute Gasteiger partial charge is 0.317 e. The summed E-state index contributed by atoms with van der Waals surface area (Å²) >= 11 is 5.88. The zero-order valence-corrected chi connectivity index (χ0v) is 11.0. The maximum absolute atomic E-state index is 10.7. The highest BCUT2D eigenvalue weighted by Gasteiger charge is 2.14. The molecule has 0 amide bonds. The average Bonchev–Trinajstić information content (AvgIpc) is 2.42. The van der Waals surface area contributed by atoms with Crippen LogP contribution in [0.2, 0.25) is 5.02 Å². The molecule has 2 aromatic carbocycles. The molecule has 0 spiro atoms. The summed E-state index contributed by atoms with van der Waals surface area (Å²) in [4.78, 5) is 10.7. The molecule has 0 heterocycles. The van der Waals surface area contributed by atoms with Gasteiger partial charge < -0.3 is 5.11 Å². The van der Waals surface area contributed by atoms with Gasteiger partial charge in [0.25, 0.3) is 0 Å². The summed E-state index contributed by atoms with van der Waals surface area (Å²) in [5, 5.41) is 12.5. The van der Waals surface area contributed by atoms with E-state index in [4.69, 9.17) is 16.7 Å². The molecule has 0 aliphatic heterocycles. The van der Waals surface area contributed by atoms with Crippen molar-refractivity contribution in [2.45, 2.75) is 6.04 Å². The van der Waals surface area contributed by atoms with E-state index in [1.165, 1.54) is 0 Å². The van der Waals surface area contributed by atoms with E-state index in [-0.39, 0.29) is 12.6 Å². The minimum absolute atomic E-state index is 0.0951. The molecule has 4 heteroatoms. The van der Waals surface area contributed by atoms with Gasteiger partial charge in [0, 0.05) is 5.02 Å². The van der Waals surface area contributed by atoms with Crippen molar-refractivity contribution < 1.29 is 9.90 Å². The Labute approximate surface area is 116 Å². The van der Waals surface area contributed by atoms with E-state index in [2.05, 4.69) is 5.32 Å². The topological polar surface area (TPSA) is 49.3 Å². The number of rotatable bonds is 5. The number of aliphatic carboxylic acids is 1. The third-order valence-corrected chi connectivity index (χ3v) is 3.05. The van der Waals surface area contributed by atoms with Gasteiger partial charge in [0.15, 0.2) is 0 Å². The van der Waals surface area contributed by atoms with Crippen molar-refractivity contribution in [2.24, 2.45) is 0 Å². The fourth-order valence-corrected chi connectivity index (χ4v) is 2.04. The summed E-state index contributed by atoms with van der Waals surface area (Å²) in [5.41, 5.74) is 2.00. The maximum atomic E-state index is 10.7. The number of carbonyl (C=O) groups is 1. The van der Waals surface area contributed by atoms with Gasteiger partial charge in [-0.1, -0.05) is 54.1 Å². The molecule has 0 aromatic heterocycles. The number of benzene rings is 2. The molecule has 1 atom stereocenters. The molecular weight excluding hydrogens is 262 g/mol. The second kappa shape index (κ2) is 6.36. The van der Waals surface area contributed by atoms with Crippen LogP contribution in [0.4, 0.5) is 0 Å². The number of nitrogens with one attached hydrogen (secondary N) is 1. The van der Waals surface area contributed by atoms with Gasteiger partial charge in [0.1, 0.15) is 0 Å². The number of carboxylic acids is 1. The number of hydrogen-bond donors (Lipinski definition) is 2. The van der Waals surface area contributed by atoms with Gasteiger partial charge in [0.2, 0.25) is 0 Å². The summed E-state index contributed by atoms with van der Waals surface area (Å²) in [6, 6.07) is 17.0. The summed E-state index contributed by atoms with van der Waals surface area (Å²) in [6.45, 7) is -0.0951. The number of hydrogen-bond acceptors (Lipinski definition) is 2. The first-order valence-electron chi connectivity index (χ1n) is 5.92. The molecule has 0 aliphatic carbocycles. The van der Waals surface area contributed by atoms with Crippen LogP contribution in [0, 0.1) is 0 Å². The van der Waals surface area contributed by atoms with Crippen LogP contribution in [0.3, 0.4) is 0 Å². The molecule has 0 fully saturated rings. The second-order valence-corrected chi connectivity index (χ2v) is 4.61. The van der Waals surface area contributed by atoms with Crippen LogP contribution >= 0.6 is 11.6 Å². The molecule has 1 unspecified atom stereocenters. The second-order valence-electron chi connectivity index (χ2n) is 4.17. The van der Waals surface area contributed by atoms with E-state index in [9.17, 15) is 4.79 Å².